The number of esters is 1. The van der Waals surface area contributed by atoms with Crippen LogP contribution in [0.2, 0.25) is 0 Å². The molecule has 4 aliphatic carbocycles. The van der Waals surface area contributed by atoms with Gasteiger partial charge in [0, 0.05) is 18.8 Å². The minimum Gasteiger partial charge on any atom is -0.460 e. The Morgan fingerprint density at radius 3 is 2.36 bits per heavy atom. The van der Waals surface area contributed by atoms with Crippen LogP contribution in [0.5, 0.6) is 0 Å². The zero-order chi connectivity index (χ0) is 26.5. The maximum Gasteiger partial charge on any atom is 0.302 e. The molecular weight excluding hydrogens is 448 g/mol. The molecular formula is C32H50O4. The number of hydrogen-bond donors (Lipinski definition) is 0. The molecule has 5 rings (SSSR count). The number of rotatable bonds is 5. The molecule has 0 amide bonds. The highest BCUT2D eigenvalue weighted by molar-refractivity contribution is 5.85. The van der Waals surface area contributed by atoms with Crippen molar-refractivity contribution in [1.82, 2.24) is 0 Å². The molecule has 0 radical (unpaired) electrons. The van der Waals surface area contributed by atoms with Gasteiger partial charge in [-0.1, -0.05) is 53.2 Å². The third kappa shape index (κ3) is 3.62. The van der Waals surface area contributed by atoms with E-state index >= 15 is 0 Å². The van der Waals surface area contributed by atoms with Crippen LogP contribution >= 0.6 is 0 Å². The van der Waals surface area contributed by atoms with E-state index in [9.17, 15) is 9.59 Å². The average molecular weight is 499 g/mol. The summed E-state index contributed by atoms with van der Waals surface area (Å²) in [5, 5.41) is 0. The van der Waals surface area contributed by atoms with Gasteiger partial charge in [-0.3, -0.25) is 9.59 Å². The maximum absolute atomic E-state index is 12.9. The lowest BCUT2D eigenvalue weighted by molar-refractivity contribution is -0.149. The number of hydrogen-bond acceptors (Lipinski definition) is 4. The van der Waals surface area contributed by atoms with Crippen molar-refractivity contribution in [3.05, 3.63) is 11.6 Å². The standard InChI is InChI=1S/C32H50O4/c1-19(18-24(35-20(2)33)27-29(5,6)36-27)21-12-16-32(9)23-10-11-25-28(3,4)26(34)14-15-30(25,7)22(23)13-17-31(21,32)8/h10,19,21-22,24-25,27H,11-18H2,1-9H3/t19-,21-,22-,24-,25-,27-,30+,31-,32+/m0/s1. The van der Waals surface area contributed by atoms with Crippen LogP contribution in [0.3, 0.4) is 0 Å². The van der Waals surface area contributed by atoms with E-state index in [1.54, 1.807) is 5.57 Å². The second kappa shape index (κ2) is 8.17. The fraction of sp³-hybridized carbons (Fsp3) is 0.875. The molecule has 0 bridgehead atoms. The summed E-state index contributed by atoms with van der Waals surface area (Å²) in [5.74, 6) is 2.40. The number of ketones is 1. The van der Waals surface area contributed by atoms with Crippen molar-refractivity contribution in [2.24, 2.45) is 45.3 Å². The van der Waals surface area contributed by atoms with Gasteiger partial charge in [-0.2, -0.15) is 0 Å². The summed E-state index contributed by atoms with van der Waals surface area (Å²) in [6.45, 7) is 20.2. The van der Waals surface area contributed by atoms with E-state index in [4.69, 9.17) is 9.47 Å². The summed E-state index contributed by atoms with van der Waals surface area (Å²) in [7, 11) is 0. The molecule has 4 fully saturated rings. The van der Waals surface area contributed by atoms with Crippen molar-refractivity contribution < 1.29 is 19.1 Å². The fourth-order valence-corrected chi connectivity index (χ4v) is 10.3. The second-order valence-electron chi connectivity index (χ2n) is 15.1. The predicted octanol–water partition coefficient (Wildman–Crippen LogP) is 7.30. The lowest BCUT2D eigenvalue weighted by Crippen LogP contribution is -2.57. The number of fused-ring (bicyclic) bond motifs is 5. The van der Waals surface area contributed by atoms with Crippen LogP contribution in [-0.4, -0.2) is 29.6 Å². The molecule has 0 spiro atoms. The summed E-state index contributed by atoms with van der Waals surface area (Å²) in [4.78, 5) is 24.8. The van der Waals surface area contributed by atoms with Crippen molar-refractivity contribution >= 4 is 11.8 Å². The predicted molar refractivity (Wildman–Crippen MR) is 142 cm³/mol. The summed E-state index contributed by atoms with van der Waals surface area (Å²) in [5.41, 5.74) is 2.00. The van der Waals surface area contributed by atoms with Crippen molar-refractivity contribution in [1.29, 1.82) is 0 Å². The molecule has 4 heteroatoms. The third-order valence-electron chi connectivity index (χ3n) is 12.6. The molecule has 0 unspecified atom stereocenters. The highest BCUT2D eigenvalue weighted by atomic mass is 16.6. The molecule has 1 aliphatic heterocycles. The highest BCUT2D eigenvalue weighted by Gasteiger charge is 2.65. The van der Waals surface area contributed by atoms with Crippen molar-refractivity contribution in [3.8, 4) is 0 Å². The maximum atomic E-state index is 12.9. The quantitative estimate of drug-likeness (QED) is 0.227. The van der Waals surface area contributed by atoms with Gasteiger partial charge in [-0.25, -0.2) is 0 Å². The fourth-order valence-electron chi connectivity index (χ4n) is 10.3. The Bertz CT molecular complexity index is 977. The third-order valence-corrected chi connectivity index (χ3v) is 12.6. The largest absolute Gasteiger partial charge is 0.460 e. The Morgan fingerprint density at radius 1 is 1.08 bits per heavy atom. The van der Waals surface area contributed by atoms with Crippen molar-refractivity contribution in [3.63, 3.8) is 0 Å². The van der Waals surface area contributed by atoms with Gasteiger partial charge in [0.25, 0.3) is 0 Å². The first-order valence-corrected chi connectivity index (χ1v) is 14.7. The van der Waals surface area contributed by atoms with Crippen LogP contribution in [0.25, 0.3) is 0 Å². The lowest BCUT2D eigenvalue weighted by Gasteiger charge is -2.63. The summed E-state index contributed by atoms with van der Waals surface area (Å²) < 4.78 is 11.7. The van der Waals surface area contributed by atoms with Crippen molar-refractivity contribution in [2.45, 2.75) is 131 Å². The molecule has 5 aliphatic rings. The number of allylic oxidation sites excluding steroid dienone is 2. The lowest BCUT2D eigenvalue weighted by atomic mass is 9.41. The van der Waals surface area contributed by atoms with Crippen LogP contribution in [0.15, 0.2) is 11.6 Å². The van der Waals surface area contributed by atoms with E-state index < -0.39 is 0 Å². The van der Waals surface area contributed by atoms with Crippen LogP contribution in [0.4, 0.5) is 0 Å². The van der Waals surface area contributed by atoms with Gasteiger partial charge in [0.15, 0.2) is 0 Å². The van der Waals surface area contributed by atoms with Crippen LogP contribution in [-0.2, 0) is 19.1 Å². The van der Waals surface area contributed by atoms with E-state index in [2.05, 4.69) is 61.5 Å². The second-order valence-corrected chi connectivity index (χ2v) is 15.1. The summed E-state index contributed by atoms with van der Waals surface area (Å²) in [6, 6.07) is 0. The molecule has 0 aromatic carbocycles. The minimum absolute atomic E-state index is 0.00970. The van der Waals surface area contributed by atoms with E-state index in [0.29, 0.717) is 29.5 Å². The molecule has 9 atom stereocenters. The van der Waals surface area contributed by atoms with Crippen LogP contribution < -0.4 is 0 Å². The topological polar surface area (TPSA) is 55.9 Å². The van der Waals surface area contributed by atoms with E-state index in [1.807, 2.05) is 0 Å². The molecule has 1 saturated heterocycles. The molecule has 36 heavy (non-hydrogen) atoms. The Morgan fingerprint density at radius 2 is 1.75 bits per heavy atom. The van der Waals surface area contributed by atoms with Gasteiger partial charge in [0.1, 0.15) is 18.0 Å². The Balaban J connectivity index is 1.40. The minimum atomic E-state index is -0.214. The average Bonchev–Trinajstić information content (AvgIpc) is 3.31. The molecule has 0 aromatic heterocycles. The van der Waals surface area contributed by atoms with Crippen LogP contribution in [0.1, 0.15) is 114 Å². The normalized spacial score (nSPS) is 46.0. The van der Waals surface area contributed by atoms with Crippen molar-refractivity contribution in [2.75, 3.05) is 0 Å². The summed E-state index contributed by atoms with van der Waals surface area (Å²) in [6.07, 6.45) is 11.2. The van der Waals surface area contributed by atoms with Gasteiger partial charge in [-0.05, 0) is 98.7 Å². The molecule has 0 N–H and O–H groups in total. The highest BCUT2D eigenvalue weighted by Crippen LogP contribution is 2.73. The number of ether oxygens (including phenoxy) is 2. The molecule has 202 valence electrons. The number of carbonyl (C=O) groups is 2. The van der Waals surface area contributed by atoms with E-state index in [1.165, 1.54) is 32.6 Å². The van der Waals surface area contributed by atoms with Gasteiger partial charge < -0.3 is 9.47 Å². The SMILES string of the molecule is CC(=O)O[C@@H](C[C@H](C)[C@@H]1CC[C@]2(C)C3=CC[C@H]4C(C)(C)C(=O)CC[C@]4(C)[C@H]3CC[C@@]12C)[C@@H]1OC1(C)C. The van der Waals surface area contributed by atoms with E-state index in [-0.39, 0.29) is 45.4 Å². The van der Waals surface area contributed by atoms with Gasteiger partial charge >= 0.3 is 5.97 Å². The zero-order valence-corrected chi connectivity index (χ0v) is 24.3. The van der Waals surface area contributed by atoms with Gasteiger partial charge in [0.05, 0.1) is 5.60 Å². The van der Waals surface area contributed by atoms with E-state index in [0.717, 1.165) is 25.7 Å². The summed E-state index contributed by atoms with van der Waals surface area (Å²) >= 11 is 0. The van der Waals surface area contributed by atoms with Gasteiger partial charge in [0.2, 0.25) is 0 Å². The zero-order valence-electron chi connectivity index (χ0n) is 24.3. The van der Waals surface area contributed by atoms with Crippen LogP contribution in [0, 0.1) is 45.3 Å². The molecule has 1 heterocycles. The molecule has 0 aromatic rings. The first-order valence-electron chi connectivity index (χ1n) is 14.7. The monoisotopic (exact) mass is 498 g/mol. The Hall–Kier alpha value is -1.16. The smallest absolute Gasteiger partial charge is 0.302 e. The molecule has 3 saturated carbocycles. The van der Waals surface area contributed by atoms with Gasteiger partial charge in [-0.15, -0.1) is 0 Å². The number of Topliss-reactive ketones (excluding diaryl/α,β-unsaturated/α-hetero) is 1. The Labute approximate surface area is 219 Å². The number of carbonyl (C=O) groups excluding carboxylic acids is 2. The first-order chi connectivity index (χ1) is 16.6. The number of epoxide rings is 1. The first kappa shape index (κ1) is 26.4. The molecule has 4 nitrogen and oxygen atoms in total. The Kier molecular flexibility index (Phi) is 6.00.